The van der Waals surface area contributed by atoms with Gasteiger partial charge in [-0.3, -0.25) is 0 Å². The Kier molecular flexibility index (Phi) is 3.39. The number of hydrogen-bond acceptors (Lipinski definition) is 0. The number of nitrogens with zero attached hydrogens (tertiary/aromatic N) is 1. The van der Waals surface area contributed by atoms with Gasteiger partial charge in [-0.05, 0) is 17.5 Å². The monoisotopic (exact) mass is 266 g/mol. The van der Waals surface area contributed by atoms with Crippen LogP contribution in [0.5, 0.6) is 0 Å². The molecule has 0 fully saturated rings. The molecule has 20 heavy (non-hydrogen) atoms. The molecule has 0 saturated heterocycles. The van der Waals surface area contributed by atoms with Gasteiger partial charge in [0.1, 0.15) is 6.04 Å². The highest BCUT2D eigenvalue weighted by Gasteiger charge is 2.38. The van der Waals surface area contributed by atoms with Gasteiger partial charge in [0.2, 0.25) is 0 Å². The zero-order valence-electron chi connectivity index (χ0n) is 12.8. The summed E-state index contributed by atoms with van der Waals surface area (Å²) >= 11 is 0. The second kappa shape index (κ2) is 5.06. The van der Waals surface area contributed by atoms with Gasteiger partial charge in [-0.15, -0.1) is 0 Å². The lowest BCUT2D eigenvalue weighted by Gasteiger charge is -2.37. The van der Waals surface area contributed by atoms with Crippen molar-refractivity contribution >= 4 is 0 Å². The third kappa shape index (κ3) is 2.06. The predicted molar refractivity (Wildman–Crippen MR) is 85.6 cm³/mol. The molecule has 104 valence electrons. The summed E-state index contributed by atoms with van der Waals surface area (Å²) < 4.78 is 1.04. The van der Waals surface area contributed by atoms with Gasteiger partial charge in [-0.25, -0.2) is 0 Å². The first-order chi connectivity index (χ1) is 9.65. The maximum Gasteiger partial charge on any atom is 0.141 e. The second-order valence-electron chi connectivity index (χ2n) is 6.43. The molecule has 2 aromatic carbocycles. The van der Waals surface area contributed by atoms with E-state index in [2.05, 4.69) is 69.6 Å². The minimum atomic E-state index is 0.481. The summed E-state index contributed by atoms with van der Waals surface area (Å²) in [4.78, 5) is 0. The average Bonchev–Trinajstić information content (AvgIpc) is 2.80. The van der Waals surface area contributed by atoms with E-state index in [1.54, 1.807) is 0 Å². The molecular weight excluding hydrogens is 242 g/mol. The molecule has 0 atom stereocenters. The molecule has 1 aliphatic carbocycles. The zero-order chi connectivity index (χ0) is 14.2. The van der Waals surface area contributed by atoms with Gasteiger partial charge >= 0.3 is 0 Å². The second-order valence-corrected chi connectivity index (χ2v) is 6.43. The van der Waals surface area contributed by atoms with Crippen molar-refractivity contribution in [3.05, 3.63) is 59.7 Å². The number of quaternary nitrogens is 1. The number of rotatable bonds is 4. The van der Waals surface area contributed by atoms with Crippen LogP contribution in [0.25, 0.3) is 11.1 Å². The van der Waals surface area contributed by atoms with Crippen molar-refractivity contribution < 1.29 is 4.48 Å². The van der Waals surface area contributed by atoms with Crippen LogP contribution >= 0.6 is 0 Å². The quantitative estimate of drug-likeness (QED) is 0.708. The Morgan fingerprint density at radius 3 is 1.85 bits per heavy atom. The van der Waals surface area contributed by atoms with Gasteiger partial charge < -0.3 is 4.48 Å². The minimum Gasteiger partial charge on any atom is -0.318 e. The van der Waals surface area contributed by atoms with E-state index in [1.165, 1.54) is 41.6 Å². The van der Waals surface area contributed by atoms with Crippen LogP contribution in [-0.2, 0) is 0 Å². The standard InChI is InChI=1S/C19H24N/c1-4-5-14-20(2,3)19-17-12-8-6-10-15(17)16-11-7-9-13-18(16)19/h6-13,19H,4-5,14H2,1-3H3/q+1. The summed E-state index contributed by atoms with van der Waals surface area (Å²) in [6, 6.07) is 18.3. The molecule has 1 nitrogen and oxygen atoms in total. The molecule has 1 aliphatic rings. The normalized spacial score (nSPS) is 14.2. The number of unbranched alkanes of at least 4 members (excludes halogenated alkanes) is 1. The Morgan fingerprint density at radius 2 is 1.35 bits per heavy atom. The van der Waals surface area contributed by atoms with Crippen LogP contribution in [0.1, 0.15) is 36.9 Å². The Bertz CT molecular complexity index is 567. The first-order valence-electron chi connectivity index (χ1n) is 7.66. The van der Waals surface area contributed by atoms with Crippen LogP contribution in [0.15, 0.2) is 48.5 Å². The van der Waals surface area contributed by atoms with Crippen molar-refractivity contribution in [1.82, 2.24) is 0 Å². The average molecular weight is 266 g/mol. The third-order valence-electron chi connectivity index (χ3n) is 4.59. The number of hydrogen-bond donors (Lipinski definition) is 0. The lowest BCUT2D eigenvalue weighted by Crippen LogP contribution is -2.43. The van der Waals surface area contributed by atoms with Crippen LogP contribution in [0, 0.1) is 0 Å². The van der Waals surface area contributed by atoms with E-state index in [0.717, 1.165) is 4.48 Å². The van der Waals surface area contributed by atoms with Gasteiger partial charge in [-0.1, -0.05) is 61.9 Å². The maximum atomic E-state index is 2.37. The molecule has 0 N–H and O–H groups in total. The van der Waals surface area contributed by atoms with E-state index in [0.29, 0.717) is 6.04 Å². The number of fused-ring (bicyclic) bond motifs is 3. The van der Waals surface area contributed by atoms with Crippen LogP contribution < -0.4 is 0 Å². The summed E-state index contributed by atoms with van der Waals surface area (Å²) in [6.45, 7) is 3.50. The SMILES string of the molecule is CCCC[N+](C)(C)C1c2ccccc2-c2ccccc21. The van der Waals surface area contributed by atoms with Crippen molar-refractivity contribution in [1.29, 1.82) is 0 Å². The van der Waals surface area contributed by atoms with E-state index in [1.807, 2.05) is 0 Å². The molecule has 0 aromatic heterocycles. The highest BCUT2D eigenvalue weighted by Crippen LogP contribution is 2.47. The molecule has 0 bridgehead atoms. The fourth-order valence-electron chi connectivity index (χ4n) is 3.58. The molecule has 0 amide bonds. The molecule has 0 radical (unpaired) electrons. The Morgan fingerprint density at radius 1 is 0.850 bits per heavy atom. The summed E-state index contributed by atoms with van der Waals surface area (Å²) in [5, 5.41) is 0. The first kappa shape index (κ1) is 13.4. The van der Waals surface area contributed by atoms with E-state index in [-0.39, 0.29) is 0 Å². The smallest absolute Gasteiger partial charge is 0.141 e. The fourth-order valence-corrected chi connectivity index (χ4v) is 3.58. The highest BCUT2D eigenvalue weighted by atomic mass is 15.3. The van der Waals surface area contributed by atoms with E-state index < -0.39 is 0 Å². The van der Waals surface area contributed by atoms with Crippen molar-refractivity contribution in [2.24, 2.45) is 0 Å². The lowest BCUT2D eigenvalue weighted by atomic mass is 10.0. The molecule has 0 spiro atoms. The van der Waals surface area contributed by atoms with Gasteiger partial charge in [0, 0.05) is 11.1 Å². The highest BCUT2D eigenvalue weighted by molar-refractivity contribution is 5.77. The first-order valence-corrected chi connectivity index (χ1v) is 7.66. The summed E-state index contributed by atoms with van der Waals surface area (Å²) in [5.41, 5.74) is 5.84. The molecule has 1 heteroatoms. The summed E-state index contributed by atoms with van der Waals surface area (Å²) in [7, 11) is 4.75. The molecular formula is C19H24N+. The summed E-state index contributed by atoms with van der Waals surface area (Å²) in [6.07, 6.45) is 2.55. The van der Waals surface area contributed by atoms with Crippen molar-refractivity contribution in [3.8, 4) is 11.1 Å². The Hall–Kier alpha value is -1.60. The summed E-state index contributed by atoms with van der Waals surface area (Å²) in [5.74, 6) is 0. The van der Waals surface area contributed by atoms with Gasteiger partial charge in [-0.2, -0.15) is 0 Å². The van der Waals surface area contributed by atoms with E-state index >= 15 is 0 Å². The number of benzene rings is 2. The van der Waals surface area contributed by atoms with Crippen molar-refractivity contribution in [2.75, 3.05) is 20.6 Å². The molecule has 0 aliphatic heterocycles. The molecule has 0 heterocycles. The largest absolute Gasteiger partial charge is 0.318 e. The zero-order valence-corrected chi connectivity index (χ0v) is 12.8. The van der Waals surface area contributed by atoms with Crippen molar-refractivity contribution in [3.63, 3.8) is 0 Å². The van der Waals surface area contributed by atoms with E-state index in [9.17, 15) is 0 Å². The molecule has 2 aromatic rings. The predicted octanol–water partition coefficient (Wildman–Crippen LogP) is 4.63. The maximum absolute atomic E-state index is 2.37. The van der Waals surface area contributed by atoms with Crippen LogP contribution in [0.3, 0.4) is 0 Å². The molecule has 0 unspecified atom stereocenters. The van der Waals surface area contributed by atoms with Crippen LogP contribution in [-0.4, -0.2) is 25.1 Å². The third-order valence-corrected chi connectivity index (χ3v) is 4.59. The van der Waals surface area contributed by atoms with Crippen LogP contribution in [0.2, 0.25) is 0 Å². The van der Waals surface area contributed by atoms with Gasteiger partial charge in [0.25, 0.3) is 0 Å². The van der Waals surface area contributed by atoms with E-state index in [4.69, 9.17) is 0 Å². The van der Waals surface area contributed by atoms with Gasteiger partial charge in [0.15, 0.2) is 0 Å². The van der Waals surface area contributed by atoms with Gasteiger partial charge in [0.05, 0.1) is 20.6 Å². The molecule has 0 saturated carbocycles. The topological polar surface area (TPSA) is 0 Å². The lowest BCUT2D eigenvalue weighted by molar-refractivity contribution is -0.915. The van der Waals surface area contributed by atoms with Crippen LogP contribution in [0.4, 0.5) is 0 Å². The fraction of sp³-hybridized carbons (Fsp3) is 0.368. The minimum absolute atomic E-state index is 0.481. The molecule has 3 rings (SSSR count). The van der Waals surface area contributed by atoms with Crippen molar-refractivity contribution in [2.45, 2.75) is 25.8 Å². The Balaban J connectivity index is 2.11. The Labute approximate surface area is 122 Å².